The van der Waals surface area contributed by atoms with Gasteiger partial charge in [0.15, 0.2) is 0 Å². The number of aromatic nitrogens is 3. The molecule has 0 aliphatic heterocycles. The Bertz CT molecular complexity index is 1150. The molecule has 4 rings (SSSR count). The standard InChI is InChI=1S/C22H18FN3OS/c1-15-4-3-5-19(22(15)28(2)27)26-14-25-20(16-6-8-18(23)9-7-16)21(26)17-10-12-24-13-11-17/h3-14H,1-2H3. The molecule has 0 fully saturated rings. The maximum atomic E-state index is 13.4. The largest absolute Gasteiger partial charge is 0.297 e. The van der Waals surface area contributed by atoms with Crippen molar-refractivity contribution in [3.63, 3.8) is 0 Å². The molecule has 0 bridgehead atoms. The fourth-order valence-corrected chi connectivity index (χ4v) is 4.32. The minimum absolute atomic E-state index is 0.295. The van der Waals surface area contributed by atoms with Crippen LogP contribution in [0.25, 0.3) is 28.2 Å². The van der Waals surface area contributed by atoms with Crippen molar-refractivity contribution in [1.29, 1.82) is 0 Å². The van der Waals surface area contributed by atoms with Gasteiger partial charge < -0.3 is 0 Å². The van der Waals surface area contributed by atoms with Gasteiger partial charge in [0.05, 0.1) is 32.8 Å². The van der Waals surface area contributed by atoms with Crippen LogP contribution in [-0.4, -0.2) is 25.0 Å². The molecule has 2 aromatic heterocycles. The molecule has 0 amide bonds. The monoisotopic (exact) mass is 391 g/mol. The first kappa shape index (κ1) is 18.3. The number of halogens is 1. The van der Waals surface area contributed by atoms with E-state index >= 15 is 0 Å². The van der Waals surface area contributed by atoms with E-state index in [1.165, 1.54) is 12.1 Å². The number of hydrogen-bond acceptors (Lipinski definition) is 3. The minimum atomic E-state index is -1.17. The summed E-state index contributed by atoms with van der Waals surface area (Å²) in [5.41, 5.74) is 5.05. The molecule has 0 N–H and O–H groups in total. The second-order valence-corrected chi connectivity index (χ2v) is 7.75. The summed E-state index contributed by atoms with van der Waals surface area (Å²) in [7, 11) is -1.17. The van der Waals surface area contributed by atoms with Gasteiger partial charge in [0, 0.05) is 29.8 Å². The van der Waals surface area contributed by atoms with E-state index in [1.54, 1.807) is 37.1 Å². The lowest BCUT2D eigenvalue weighted by atomic mass is 10.1. The molecular weight excluding hydrogens is 373 g/mol. The minimum Gasteiger partial charge on any atom is -0.297 e. The van der Waals surface area contributed by atoms with Gasteiger partial charge in [0.25, 0.3) is 0 Å². The summed E-state index contributed by atoms with van der Waals surface area (Å²) in [6, 6.07) is 15.9. The lowest BCUT2D eigenvalue weighted by molar-refractivity contribution is 0.628. The number of aryl methyl sites for hydroxylation is 1. The third-order valence-corrected chi connectivity index (χ3v) is 5.68. The topological polar surface area (TPSA) is 47.8 Å². The van der Waals surface area contributed by atoms with Crippen molar-refractivity contribution < 1.29 is 8.60 Å². The second-order valence-electron chi connectivity index (χ2n) is 6.43. The van der Waals surface area contributed by atoms with E-state index in [4.69, 9.17) is 0 Å². The van der Waals surface area contributed by atoms with Gasteiger partial charge in [-0.3, -0.25) is 13.8 Å². The van der Waals surface area contributed by atoms with Gasteiger partial charge in [-0.05, 0) is 55.0 Å². The van der Waals surface area contributed by atoms with Gasteiger partial charge in [0.1, 0.15) is 12.1 Å². The van der Waals surface area contributed by atoms with E-state index in [-0.39, 0.29) is 5.82 Å². The molecule has 0 saturated heterocycles. The zero-order valence-corrected chi connectivity index (χ0v) is 16.3. The molecule has 6 heteroatoms. The molecule has 140 valence electrons. The van der Waals surface area contributed by atoms with Gasteiger partial charge >= 0.3 is 0 Å². The van der Waals surface area contributed by atoms with E-state index < -0.39 is 10.8 Å². The Morgan fingerprint density at radius 2 is 1.68 bits per heavy atom. The lowest BCUT2D eigenvalue weighted by Crippen LogP contribution is -2.04. The van der Waals surface area contributed by atoms with Crippen LogP contribution in [0.3, 0.4) is 0 Å². The van der Waals surface area contributed by atoms with Crippen molar-refractivity contribution in [2.24, 2.45) is 0 Å². The summed E-state index contributed by atoms with van der Waals surface area (Å²) in [6.07, 6.45) is 6.84. The Labute approximate surface area is 165 Å². The lowest BCUT2D eigenvalue weighted by Gasteiger charge is -2.15. The van der Waals surface area contributed by atoms with E-state index in [1.807, 2.05) is 41.8 Å². The third kappa shape index (κ3) is 3.27. The number of hydrogen-bond donors (Lipinski definition) is 0. The maximum Gasteiger partial charge on any atom is 0.123 e. The number of pyridine rings is 1. The number of benzene rings is 2. The number of nitrogens with zero attached hydrogens (tertiary/aromatic N) is 3. The van der Waals surface area contributed by atoms with Gasteiger partial charge in [-0.2, -0.15) is 0 Å². The molecule has 1 atom stereocenters. The normalized spacial score (nSPS) is 12.1. The summed E-state index contributed by atoms with van der Waals surface area (Å²) < 4.78 is 27.8. The molecule has 4 nitrogen and oxygen atoms in total. The summed E-state index contributed by atoms with van der Waals surface area (Å²) in [6.45, 7) is 1.95. The molecule has 28 heavy (non-hydrogen) atoms. The summed E-state index contributed by atoms with van der Waals surface area (Å²) in [4.78, 5) is 9.49. The summed E-state index contributed by atoms with van der Waals surface area (Å²) >= 11 is 0. The molecule has 0 saturated carbocycles. The highest BCUT2D eigenvalue weighted by atomic mass is 32.2. The van der Waals surface area contributed by atoms with Gasteiger partial charge in [-0.1, -0.05) is 12.1 Å². The van der Waals surface area contributed by atoms with E-state index in [2.05, 4.69) is 9.97 Å². The van der Waals surface area contributed by atoms with Crippen molar-refractivity contribution in [2.75, 3.05) is 6.26 Å². The SMILES string of the molecule is Cc1cccc(-n2cnc(-c3ccc(F)cc3)c2-c2ccncc2)c1S(C)=O. The van der Waals surface area contributed by atoms with Crippen LogP contribution in [-0.2, 0) is 10.8 Å². The highest BCUT2D eigenvalue weighted by Gasteiger charge is 2.19. The van der Waals surface area contributed by atoms with Crippen LogP contribution in [0.4, 0.5) is 4.39 Å². The zero-order chi connectivity index (χ0) is 19.7. The molecule has 0 aliphatic carbocycles. The van der Waals surface area contributed by atoms with Crippen molar-refractivity contribution in [2.45, 2.75) is 11.8 Å². The summed E-state index contributed by atoms with van der Waals surface area (Å²) in [5, 5.41) is 0. The number of imidazole rings is 1. The first-order valence-corrected chi connectivity index (χ1v) is 10.3. The fourth-order valence-electron chi connectivity index (χ4n) is 3.34. The molecule has 1 unspecified atom stereocenters. The van der Waals surface area contributed by atoms with Crippen LogP contribution < -0.4 is 0 Å². The molecule has 0 aliphatic rings. The predicted octanol–water partition coefficient (Wildman–Crippen LogP) is 4.79. The molecule has 0 spiro atoms. The second kappa shape index (κ2) is 7.48. The van der Waals surface area contributed by atoms with Crippen molar-refractivity contribution in [1.82, 2.24) is 14.5 Å². The first-order valence-electron chi connectivity index (χ1n) is 8.73. The highest BCUT2D eigenvalue weighted by Crippen LogP contribution is 2.35. The number of rotatable bonds is 4. The average molecular weight is 391 g/mol. The zero-order valence-electron chi connectivity index (χ0n) is 15.5. The van der Waals surface area contributed by atoms with Crippen LogP contribution in [0.2, 0.25) is 0 Å². The van der Waals surface area contributed by atoms with Crippen LogP contribution in [0.15, 0.2) is 78.2 Å². The van der Waals surface area contributed by atoms with Crippen molar-refractivity contribution in [3.8, 4) is 28.2 Å². The predicted molar refractivity (Wildman–Crippen MR) is 109 cm³/mol. The Hall–Kier alpha value is -3.12. The van der Waals surface area contributed by atoms with E-state index in [0.29, 0.717) is 0 Å². The average Bonchev–Trinajstić information content (AvgIpc) is 3.13. The van der Waals surface area contributed by atoms with E-state index in [0.717, 1.165) is 38.7 Å². The quantitative estimate of drug-likeness (QED) is 0.503. The molecule has 4 aromatic rings. The molecule has 2 heterocycles. The fraction of sp³-hybridized carbons (Fsp3) is 0.0909. The molecule has 0 radical (unpaired) electrons. The van der Waals surface area contributed by atoms with Crippen LogP contribution in [0.5, 0.6) is 0 Å². The van der Waals surface area contributed by atoms with Gasteiger partial charge in [-0.25, -0.2) is 9.37 Å². The Kier molecular flexibility index (Phi) is 4.88. The maximum absolute atomic E-state index is 13.4. The van der Waals surface area contributed by atoms with Crippen LogP contribution >= 0.6 is 0 Å². The van der Waals surface area contributed by atoms with E-state index in [9.17, 15) is 8.60 Å². The van der Waals surface area contributed by atoms with Crippen molar-refractivity contribution in [3.05, 3.63) is 84.7 Å². The highest BCUT2D eigenvalue weighted by molar-refractivity contribution is 7.84. The Balaban J connectivity index is 2.02. The molecular formula is C22H18FN3OS. The van der Waals surface area contributed by atoms with Crippen molar-refractivity contribution >= 4 is 10.8 Å². The summed E-state index contributed by atoms with van der Waals surface area (Å²) in [5.74, 6) is -0.295. The van der Waals surface area contributed by atoms with Gasteiger partial charge in [-0.15, -0.1) is 0 Å². The smallest absolute Gasteiger partial charge is 0.123 e. The Morgan fingerprint density at radius 3 is 2.36 bits per heavy atom. The van der Waals surface area contributed by atoms with Gasteiger partial charge in [0.2, 0.25) is 0 Å². The Morgan fingerprint density at radius 1 is 0.964 bits per heavy atom. The third-order valence-electron chi connectivity index (χ3n) is 4.58. The first-order chi connectivity index (χ1) is 13.6. The van der Waals surface area contributed by atoms with Crippen LogP contribution in [0, 0.1) is 12.7 Å². The molecule has 2 aromatic carbocycles. The van der Waals surface area contributed by atoms with Crippen LogP contribution in [0.1, 0.15) is 5.56 Å².